The first kappa shape index (κ1) is 15.5. The van der Waals surface area contributed by atoms with Gasteiger partial charge in [0.2, 0.25) is 5.91 Å². The molecule has 0 radical (unpaired) electrons. The number of β-amino-alcohol motifs (C(OH)–C–C–N with tert-alkyl or cyclic N) is 1. The van der Waals surface area contributed by atoms with Gasteiger partial charge in [-0.3, -0.25) is 14.7 Å². The van der Waals surface area contributed by atoms with Crippen molar-refractivity contribution in [2.45, 2.75) is 38.2 Å². The first-order chi connectivity index (χ1) is 9.95. The summed E-state index contributed by atoms with van der Waals surface area (Å²) < 4.78 is 0. The molecule has 3 N–H and O–H groups in total. The van der Waals surface area contributed by atoms with E-state index in [0.717, 1.165) is 12.1 Å². The van der Waals surface area contributed by atoms with E-state index < -0.39 is 5.60 Å². The number of hydrogen-bond donors (Lipinski definition) is 3. The van der Waals surface area contributed by atoms with Gasteiger partial charge in [0.25, 0.3) is 5.91 Å². The molecule has 7 nitrogen and oxygen atoms in total. The number of aromatic amines is 1. The van der Waals surface area contributed by atoms with Gasteiger partial charge in [0.1, 0.15) is 0 Å². The van der Waals surface area contributed by atoms with E-state index in [0.29, 0.717) is 24.9 Å². The fraction of sp³-hybridized carbons (Fsp3) is 0.643. The third-order valence-corrected chi connectivity index (χ3v) is 4.00. The van der Waals surface area contributed by atoms with Gasteiger partial charge in [0, 0.05) is 32.3 Å². The third kappa shape index (κ3) is 3.60. The van der Waals surface area contributed by atoms with E-state index in [1.165, 1.54) is 6.20 Å². The average molecular weight is 294 g/mol. The van der Waals surface area contributed by atoms with Gasteiger partial charge in [-0.15, -0.1) is 0 Å². The molecule has 0 saturated carbocycles. The Morgan fingerprint density at radius 1 is 1.57 bits per heavy atom. The normalized spacial score (nSPS) is 22.1. The molecule has 0 aromatic carbocycles. The Morgan fingerprint density at radius 3 is 2.95 bits per heavy atom. The molecule has 2 heterocycles. The van der Waals surface area contributed by atoms with Crippen molar-refractivity contribution in [2.75, 3.05) is 20.1 Å². The van der Waals surface area contributed by atoms with Crippen LogP contribution in [0, 0.1) is 6.92 Å². The van der Waals surface area contributed by atoms with Crippen molar-refractivity contribution >= 4 is 11.8 Å². The molecule has 116 valence electrons. The van der Waals surface area contributed by atoms with Gasteiger partial charge < -0.3 is 15.3 Å². The number of likely N-dealkylation sites (tertiary alicyclic amines) is 1. The van der Waals surface area contributed by atoms with E-state index in [-0.39, 0.29) is 24.8 Å². The number of carbonyl (C=O) groups excluding carboxylic acids is 2. The van der Waals surface area contributed by atoms with Crippen LogP contribution in [0.5, 0.6) is 0 Å². The van der Waals surface area contributed by atoms with Crippen molar-refractivity contribution in [1.82, 2.24) is 20.4 Å². The number of aromatic nitrogens is 2. The lowest BCUT2D eigenvalue weighted by Crippen LogP contribution is -2.50. The molecule has 0 spiro atoms. The molecule has 2 amide bonds. The summed E-state index contributed by atoms with van der Waals surface area (Å²) >= 11 is 0. The van der Waals surface area contributed by atoms with Crippen molar-refractivity contribution in [3.63, 3.8) is 0 Å². The minimum Gasteiger partial charge on any atom is -0.388 e. The van der Waals surface area contributed by atoms with E-state index in [1.807, 2.05) is 0 Å². The maximum absolute atomic E-state index is 12.4. The van der Waals surface area contributed by atoms with Crippen molar-refractivity contribution in [2.24, 2.45) is 0 Å². The molecule has 1 fully saturated rings. The lowest BCUT2D eigenvalue weighted by Gasteiger charge is -2.39. The van der Waals surface area contributed by atoms with Gasteiger partial charge in [-0.2, -0.15) is 5.10 Å². The maximum Gasteiger partial charge on any atom is 0.257 e. The standard InChI is InChI=1S/C14H22N4O3/c1-10-11(8-16-17-10)13(20)18-7-3-5-14(21,9-18)6-4-12(19)15-2/h8,21H,3-7,9H2,1-2H3,(H,15,19)(H,16,17). The molecule has 1 aliphatic heterocycles. The van der Waals surface area contributed by atoms with Gasteiger partial charge in [0.05, 0.1) is 17.4 Å². The minimum atomic E-state index is -0.988. The summed E-state index contributed by atoms with van der Waals surface area (Å²) in [7, 11) is 1.57. The number of nitrogens with zero attached hydrogens (tertiary/aromatic N) is 2. The van der Waals surface area contributed by atoms with Crippen LogP contribution in [0.25, 0.3) is 0 Å². The highest BCUT2D eigenvalue weighted by Gasteiger charge is 2.36. The zero-order valence-corrected chi connectivity index (χ0v) is 12.5. The number of aliphatic hydroxyl groups is 1. The predicted molar refractivity (Wildman–Crippen MR) is 76.7 cm³/mol. The minimum absolute atomic E-state index is 0.0995. The number of piperidine rings is 1. The van der Waals surface area contributed by atoms with Crippen LogP contribution in [-0.2, 0) is 4.79 Å². The summed E-state index contributed by atoms with van der Waals surface area (Å²) in [6.45, 7) is 2.67. The molecular formula is C14H22N4O3. The van der Waals surface area contributed by atoms with Crippen molar-refractivity contribution in [1.29, 1.82) is 0 Å². The lowest BCUT2D eigenvalue weighted by molar-refractivity contribution is -0.122. The largest absolute Gasteiger partial charge is 0.388 e. The van der Waals surface area contributed by atoms with Crippen LogP contribution in [0.1, 0.15) is 41.7 Å². The Bertz CT molecular complexity index is 528. The van der Waals surface area contributed by atoms with Gasteiger partial charge >= 0.3 is 0 Å². The van der Waals surface area contributed by atoms with Gasteiger partial charge in [0.15, 0.2) is 0 Å². The molecule has 1 saturated heterocycles. The monoisotopic (exact) mass is 294 g/mol. The molecular weight excluding hydrogens is 272 g/mol. The second kappa shape index (κ2) is 6.26. The first-order valence-corrected chi connectivity index (χ1v) is 7.17. The van der Waals surface area contributed by atoms with Crippen LogP contribution in [0.15, 0.2) is 6.20 Å². The van der Waals surface area contributed by atoms with E-state index in [2.05, 4.69) is 15.5 Å². The quantitative estimate of drug-likeness (QED) is 0.739. The summed E-state index contributed by atoms with van der Waals surface area (Å²) in [6, 6.07) is 0. The molecule has 7 heteroatoms. The fourth-order valence-electron chi connectivity index (χ4n) is 2.70. The smallest absolute Gasteiger partial charge is 0.257 e. The molecule has 1 aromatic rings. The zero-order valence-electron chi connectivity index (χ0n) is 12.5. The SMILES string of the molecule is CNC(=O)CCC1(O)CCCN(C(=O)c2cn[nH]c2C)C1. The van der Waals surface area contributed by atoms with Gasteiger partial charge in [-0.1, -0.05) is 0 Å². The topological polar surface area (TPSA) is 98.3 Å². The Balaban J connectivity index is 2.01. The number of hydrogen-bond acceptors (Lipinski definition) is 4. The molecule has 1 atom stereocenters. The predicted octanol–water partition coefficient (Wildman–Crippen LogP) is 0.211. The van der Waals surface area contributed by atoms with Gasteiger partial charge in [-0.05, 0) is 26.2 Å². The van der Waals surface area contributed by atoms with E-state index in [4.69, 9.17) is 0 Å². The summed E-state index contributed by atoms with van der Waals surface area (Å²) in [5.41, 5.74) is 0.267. The maximum atomic E-state index is 12.4. The summed E-state index contributed by atoms with van der Waals surface area (Å²) in [4.78, 5) is 25.4. The van der Waals surface area contributed by atoms with E-state index in [9.17, 15) is 14.7 Å². The Labute approximate surface area is 123 Å². The zero-order chi connectivity index (χ0) is 15.5. The second-order valence-electron chi connectivity index (χ2n) is 5.64. The van der Waals surface area contributed by atoms with Crippen LogP contribution in [0.4, 0.5) is 0 Å². The number of amides is 2. The van der Waals surface area contributed by atoms with E-state index in [1.54, 1.807) is 18.9 Å². The number of aryl methyl sites for hydroxylation is 1. The Hall–Kier alpha value is -1.89. The molecule has 2 rings (SSSR count). The fourth-order valence-corrected chi connectivity index (χ4v) is 2.70. The molecule has 21 heavy (non-hydrogen) atoms. The molecule has 0 bridgehead atoms. The Kier molecular flexibility index (Phi) is 4.62. The first-order valence-electron chi connectivity index (χ1n) is 7.17. The molecule has 1 aliphatic rings. The number of rotatable bonds is 4. The van der Waals surface area contributed by atoms with Gasteiger partial charge in [-0.25, -0.2) is 0 Å². The lowest BCUT2D eigenvalue weighted by atomic mass is 9.88. The van der Waals surface area contributed by atoms with Crippen molar-refractivity contribution in [3.05, 3.63) is 17.5 Å². The summed E-state index contributed by atoms with van der Waals surface area (Å²) in [6.07, 6.45) is 3.47. The highest BCUT2D eigenvalue weighted by atomic mass is 16.3. The number of H-pyrrole nitrogens is 1. The van der Waals surface area contributed by atoms with Crippen molar-refractivity contribution < 1.29 is 14.7 Å². The highest BCUT2D eigenvalue weighted by Crippen LogP contribution is 2.27. The van der Waals surface area contributed by atoms with Crippen LogP contribution < -0.4 is 5.32 Å². The van der Waals surface area contributed by atoms with E-state index >= 15 is 0 Å². The van der Waals surface area contributed by atoms with Crippen LogP contribution in [-0.4, -0.2) is 57.8 Å². The third-order valence-electron chi connectivity index (χ3n) is 4.00. The van der Waals surface area contributed by atoms with Crippen LogP contribution >= 0.6 is 0 Å². The van der Waals surface area contributed by atoms with Crippen molar-refractivity contribution in [3.8, 4) is 0 Å². The average Bonchev–Trinajstić information content (AvgIpc) is 2.90. The summed E-state index contributed by atoms with van der Waals surface area (Å²) in [5, 5.41) is 19.7. The summed E-state index contributed by atoms with van der Waals surface area (Å²) in [5.74, 6) is -0.225. The molecule has 1 aromatic heterocycles. The second-order valence-corrected chi connectivity index (χ2v) is 5.64. The highest BCUT2D eigenvalue weighted by molar-refractivity contribution is 5.95. The molecule has 1 unspecified atom stereocenters. The Morgan fingerprint density at radius 2 is 2.33 bits per heavy atom. The molecule has 0 aliphatic carbocycles. The number of nitrogens with one attached hydrogen (secondary N) is 2. The van der Waals surface area contributed by atoms with Crippen LogP contribution in [0.2, 0.25) is 0 Å². The number of carbonyl (C=O) groups is 2. The van der Waals surface area contributed by atoms with Crippen LogP contribution in [0.3, 0.4) is 0 Å².